The Bertz CT molecular complexity index is 1950. The Balaban J connectivity index is 1.21. The molecule has 0 saturated carbocycles. The third kappa shape index (κ3) is 8.20. The molecule has 11 nitrogen and oxygen atoms in total. The fourth-order valence-corrected chi connectivity index (χ4v) is 7.06. The summed E-state index contributed by atoms with van der Waals surface area (Å²) in [5.41, 5.74) is 6.98. The topological polar surface area (TPSA) is 96.9 Å². The largest absolute Gasteiger partial charge is 0.495 e. The van der Waals surface area contributed by atoms with Crippen LogP contribution in [0, 0.1) is 0 Å². The fraction of sp³-hybridized carbons (Fsp3) is 0.333. The molecular formula is C42H48N4O7. The summed E-state index contributed by atoms with van der Waals surface area (Å²) in [4.78, 5) is 14.3. The predicted molar refractivity (Wildman–Crippen MR) is 206 cm³/mol. The number of anilines is 1. The maximum atomic E-state index is 5.88. The summed E-state index contributed by atoms with van der Waals surface area (Å²) in [5, 5.41) is 0. The third-order valence-corrected chi connectivity index (χ3v) is 9.73. The van der Waals surface area contributed by atoms with Crippen molar-refractivity contribution in [2.45, 2.75) is 32.0 Å². The van der Waals surface area contributed by atoms with Crippen molar-refractivity contribution in [3.05, 3.63) is 96.4 Å². The van der Waals surface area contributed by atoms with Crippen LogP contribution in [0.25, 0.3) is 22.4 Å². The number of hydrogen-bond acceptors (Lipinski definition) is 11. The maximum Gasteiger partial charge on any atom is 0.203 e. The molecule has 0 N–H and O–H groups in total. The van der Waals surface area contributed by atoms with Gasteiger partial charge in [0.1, 0.15) is 5.75 Å². The first-order valence-corrected chi connectivity index (χ1v) is 17.5. The second-order valence-corrected chi connectivity index (χ2v) is 12.8. The van der Waals surface area contributed by atoms with E-state index >= 15 is 0 Å². The zero-order valence-corrected chi connectivity index (χ0v) is 31.5. The zero-order valence-electron chi connectivity index (χ0n) is 31.5. The van der Waals surface area contributed by atoms with Crippen LogP contribution >= 0.6 is 0 Å². The molecule has 0 bridgehead atoms. The summed E-state index contributed by atoms with van der Waals surface area (Å²) >= 11 is 0. The number of ether oxygens (including phenoxy) is 7. The third-order valence-electron chi connectivity index (χ3n) is 9.73. The molecule has 6 rings (SSSR count). The summed E-state index contributed by atoms with van der Waals surface area (Å²) in [6, 6.07) is 22.7. The quantitative estimate of drug-likeness (QED) is 0.107. The highest BCUT2D eigenvalue weighted by Gasteiger charge is 2.27. The van der Waals surface area contributed by atoms with Gasteiger partial charge in [0.15, 0.2) is 23.0 Å². The smallest absolute Gasteiger partial charge is 0.203 e. The van der Waals surface area contributed by atoms with E-state index in [1.165, 1.54) is 0 Å². The van der Waals surface area contributed by atoms with Gasteiger partial charge in [-0.25, -0.2) is 0 Å². The minimum absolute atomic E-state index is 0.295. The number of nitrogens with zero attached hydrogens (tertiary/aromatic N) is 4. The molecule has 11 heteroatoms. The first-order chi connectivity index (χ1) is 25.9. The molecule has 1 saturated heterocycles. The zero-order chi connectivity index (χ0) is 37.3. The van der Waals surface area contributed by atoms with Crippen molar-refractivity contribution in [3.63, 3.8) is 0 Å². The minimum Gasteiger partial charge on any atom is -0.495 e. The van der Waals surface area contributed by atoms with Crippen molar-refractivity contribution in [3.8, 4) is 62.6 Å². The molecule has 3 aromatic carbocycles. The Morgan fingerprint density at radius 1 is 0.604 bits per heavy atom. The van der Waals surface area contributed by atoms with Crippen molar-refractivity contribution in [1.29, 1.82) is 0 Å². The van der Waals surface area contributed by atoms with Crippen molar-refractivity contribution in [2.24, 2.45) is 0 Å². The Morgan fingerprint density at radius 2 is 1.19 bits per heavy atom. The van der Waals surface area contributed by atoms with E-state index in [0.717, 1.165) is 77.4 Å². The van der Waals surface area contributed by atoms with Crippen molar-refractivity contribution >= 4 is 5.69 Å². The molecule has 278 valence electrons. The molecule has 0 radical (unpaired) electrons. The summed E-state index contributed by atoms with van der Waals surface area (Å²) < 4.78 is 39.4. The van der Waals surface area contributed by atoms with Crippen LogP contribution in [0.5, 0.6) is 40.2 Å². The van der Waals surface area contributed by atoms with Crippen molar-refractivity contribution < 1.29 is 33.2 Å². The number of rotatable bonds is 15. The van der Waals surface area contributed by atoms with Gasteiger partial charge in [-0.1, -0.05) is 12.1 Å². The van der Waals surface area contributed by atoms with E-state index in [2.05, 4.69) is 45.1 Å². The van der Waals surface area contributed by atoms with Gasteiger partial charge >= 0.3 is 0 Å². The number of methoxy groups -OCH3 is 7. The summed E-state index contributed by atoms with van der Waals surface area (Å²) in [6.45, 7) is 3.37. The number of hydrogen-bond donors (Lipinski definition) is 0. The summed E-state index contributed by atoms with van der Waals surface area (Å²) in [5.74, 6) is 4.35. The molecule has 5 aromatic rings. The summed E-state index contributed by atoms with van der Waals surface area (Å²) in [7, 11) is 11.4. The Labute approximate surface area is 312 Å². The van der Waals surface area contributed by atoms with Crippen molar-refractivity contribution in [1.82, 2.24) is 14.9 Å². The molecule has 0 aliphatic carbocycles. The van der Waals surface area contributed by atoms with Gasteiger partial charge in [0.2, 0.25) is 11.5 Å². The molecule has 1 aliphatic rings. The lowest BCUT2D eigenvalue weighted by atomic mass is 9.99. The number of benzene rings is 3. The number of likely N-dealkylation sites (tertiary alicyclic amines) is 1. The highest BCUT2D eigenvalue weighted by molar-refractivity contribution is 5.71. The predicted octanol–water partition coefficient (Wildman–Crippen LogP) is 7.54. The molecule has 0 spiro atoms. The Kier molecular flexibility index (Phi) is 12.1. The average molecular weight is 721 g/mol. The van der Waals surface area contributed by atoms with Gasteiger partial charge in [-0.2, -0.15) is 0 Å². The van der Waals surface area contributed by atoms with E-state index in [0.29, 0.717) is 47.1 Å². The molecule has 1 aliphatic heterocycles. The fourth-order valence-electron chi connectivity index (χ4n) is 7.06. The first-order valence-electron chi connectivity index (χ1n) is 17.5. The normalized spacial score (nSPS) is 13.3. The standard InChI is InChI=1S/C42H48N4O7/c1-47-36-11-9-8-10-35(36)46(27-28-12-15-44-34(19-28)31-22-39(50-4)42(53-7)40(23-31)51-5)33-13-16-45(17-14-33)26-29-18-32(25-43-24-29)30-20-37(48-2)41(52-6)38(21-30)49-3/h8-12,15,18-25,33H,13-14,16-17,26-27H2,1-7H3. The summed E-state index contributed by atoms with van der Waals surface area (Å²) in [6.07, 6.45) is 7.65. The molecule has 3 heterocycles. The maximum absolute atomic E-state index is 5.88. The molecule has 1 fully saturated rings. The molecule has 0 amide bonds. The van der Waals surface area contributed by atoms with Gasteiger partial charge in [-0.05, 0) is 84.1 Å². The number of aromatic nitrogens is 2. The monoisotopic (exact) mass is 720 g/mol. The van der Waals surface area contributed by atoms with Gasteiger partial charge < -0.3 is 38.1 Å². The van der Waals surface area contributed by atoms with Crippen LogP contribution in [0.4, 0.5) is 5.69 Å². The van der Waals surface area contributed by atoms with Crippen molar-refractivity contribution in [2.75, 3.05) is 67.8 Å². The van der Waals surface area contributed by atoms with Crippen LogP contribution in [0.15, 0.2) is 85.3 Å². The van der Waals surface area contributed by atoms with E-state index < -0.39 is 0 Å². The first kappa shape index (κ1) is 37.1. The molecule has 0 atom stereocenters. The number of para-hydroxylation sites is 2. The highest BCUT2D eigenvalue weighted by atomic mass is 16.5. The number of pyridine rings is 2. The van der Waals surface area contributed by atoms with E-state index in [4.69, 9.17) is 38.1 Å². The van der Waals surface area contributed by atoms with Gasteiger partial charge in [0.25, 0.3) is 0 Å². The molecule has 0 unspecified atom stereocenters. The Hall–Kier alpha value is -5.68. The lowest BCUT2D eigenvalue weighted by molar-refractivity contribution is 0.200. The number of piperidine rings is 1. The molecule has 53 heavy (non-hydrogen) atoms. The lowest BCUT2D eigenvalue weighted by Crippen LogP contribution is -2.44. The van der Waals surface area contributed by atoms with Crippen LogP contribution in [0.3, 0.4) is 0 Å². The second kappa shape index (κ2) is 17.2. The van der Waals surface area contributed by atoms with Gasteiger partial charge in [-0.3, -0.25) is 14.9 Å². The van der Waals surface area contributed by atoms with Gasteiger partial charge in [0, 0.05) is 61.9 Å². The minimum atomic E-state index is 0.295. The Morgan fingerprint density at radius 3 is 1.77 bits per heavy atom. The van der Waals surface area contributed by atoms with E-state index in [1.54, 1.807) is 49.8 Å². The van der Waals surface area contributed by atoms with Crippen LogP contribution < -0.4 is 38.1 Å². The molecule has 2 aromatic heterocycles. The lowest BCUT2D eigenvalue weighted by Gasteiger charge is -2.40. The highest BCUT2D eigenvalue weighted by Crippen LogP contribution is 2.43. The SMILES string of the molecule is COc1ccccc1N(Cc1ccnc(-c2cc(OC)c(OC)c(OC)c2)c1)C1CCN(Cc2cncc(-c3cc(OC)c(OC)c(OC)c3)c2)CC1. The van der Waals surface area contributed by atoms with Crippen LogP contribution in [-0.2, 0) is 13.1 Å². The molecular weight excluding hydrogens is 672 g/mol. The van der Waals surface area contributed by atoms with E-state index in [1.807, 2.05) is 55.0 Å². The van der Waals surface area contributed by atoms with Crippen LogP contribution in [-0.4, -0.2) is 83.8 Å². The van der Waals surface area contributed by atoms with Crippen LogP contribution in [0.1, 0.15) is 24.0 Å². The van der Waals surface area contributed by atoms with Gasteiger partial charge in [0.05, 0.1) is 61.1 Å². The average Bonchev–Trinajstić information content (AvgIpc) is 3.22. The van der Waals surface area contributed by atoms with Crippen LogP contribution in [0.2, 0.25) is 0 Å². The van der Waals surface area contributed by atoms with Gasteiger partial charge in [-0.15, -0.1) is 0 Å². The van der Waals surface area contributed by atoms with E-state index in [-0.39, 0.29) is 0 Å². The van der Waals surface area contributed by atoms with E-state index in [9.17, 15) is 0 Å². The second-order valence-electron chi connectivity index (χ2n) is 12.8.